The lowest BCUT2D eigenvalue weighted by atomic mass is 10.1. The molecule has 2 aromatic heterocycles. The summed E-state index contributed by atoms with van der Waals surface area (Å²) in [6, 6.07) is 19.0. The van der Waals surface area contributed by atoms with Crippen LogP contribution in [0.1, 0.15) is 5.56 Å². The number of ether oxygens (including phenoxy) is 2. The highest BCUT2D eigenvalue weighted by Crippen LogP contribution is 2.28. The van der Waals surface area contributed by atoms with Crippen LogP contribution in [0, 0.1) is 0 Å². The quantitative estimate of drug-likeness (QED) is 0.466. The lowest BCUT2D eigenvalue weighted by Crippen LogP contribution is -1.97. The summed E-state index contributed by atoms with van der Waals surface area (Å²) in [5.41, 5.74) is 2.66. The maximum Gasteiger partial charge on any atom is 0.248 e. The van der Waals surface area contributed by atoms with Crippen molar-refractivity contribution in [2.24, 2.45) is 0 Å². The third-order valence-corrected chi connectivity index (χ3v) is 3.99. The molecule has 0 spiro atoms. The number of pyridine rings is 1. The van der Waals surface area contributed by atoms with Crippen molar-refractivity contribution in [3.8, 4) is 34.4 Å². The van der Waals surface area contributed by atoms with Gasteiger partial charge < -0.3 is 13.9 Å². The molecule has 0 amide bonds. The summed E-state index contributed by atoms with van der Waals surface area (Å²) in [5.74, 6) is 2.32. The van der Waals surface area contributed by atoms with Gasteiger partial charge in [-0.1, -0.05) is 24.3 Å². The highest BCUT2D eigenvalue weighted by atomic mass is 35.5. The van der Waals surface area contributed by atoms with Gasteiger partial charge in [0.05, 0.1) is 7.11 Å². The second-order valence-electron chi connectivity index (χ2n) is 5.79. The maximum absolute atomic E-state index is 5.88. The first-order valence-corrected chi connectivity index (χ1v) is 8.42. The van der Waals surface area contributed by atoms with Crippen molar-refractivity contribution in [1.29, 1.82) is 0 Å². The molecular formula is C21H18ClN3O3. The average molecular weight is 396 g/mol. The van der Waals surface area contributed by atoms with E-state index in [9.17, 15) is 0 Å². The van der Waals surface area contributed by atoms with Gasteiger partial charge in [0.15, 0.2) is 11.5 Å². The fraction of sp³-hybridized carbons (Fsp3) is 0.0952. The number of hydrogen-bond acceptors (Lipinski definition) is 6. The highest BCUT2D eigenvalue weighted by molar-refractivity contribution is 5.85. The van der Waals surface area contributed by atoms with E-state index in [2.05, 4.69) is 15.2 Å². The Morgan fingerprint density at radius 1 is 0.821 bits per heavy atom. The van der Waals surface area contributed by atoms with E-state index in [-0.39, 0.29) is 12.4 Å². The van der Waals surface area contributed by atoms with Crippen molar-refractivity contribution in [2.45, 2.75) is 6.61 Å². The minimum Gasteiger partial charge on any atom is -0.493 e. The molecule has 2 heterocycles. The number of halogens is 1. The van der Waals surface area contributed by atoms with Crippen molar-refractivity contribution < 1.29 is 13.9 Å². The van der Waals surface area contributed by atoms with Gasteiger partial charge in [-0.3, -0.25) is 4.98 Å². The molecule has 142 valence electrons. The van der Waals surface area contributed by atoms with E-state index in [1.54, 1.807) is 19.5 Å². The molecule has 0 radical (unpaired) electrons. The first-order valence-electron chi connectivity index (χ1n) is 8.42. The molecule has 4 aromatic rings. The fourth-order valence-electron chi connectivity index (χ4n) is 2.64. The van der Waals surface area contributed by atoms with Gasteiger partial charge in [-0.15, -0.1) is 22.6 Å². The normalized spacial score (nSPS) is 10.2. The predicted molar refractivity (Wildman–Crippen MR) is 108 cm³/mol. The van der Waals surface area contributed by atoms with Gasteiger partial charge in [0.2, 0.25) is 11.8 Å². The van der Waals surface area contributed by atoms with Crippen LogP contribution in [0.5, 0.6) is 11.5 Å². The first-order chi connectivity index (χ1) is 13.3. The number of hydrogen-bond donors (Lipinski definition) is 0. The molecular weight excluding hydrogens is 378 g/mol. The standard InChI is InChI=1S/C21H17N3O3.ClH/c1-25-18-7-2-3-8-19(18)26-14-15-5-4-6-17(13-15)21-24-23-20(27-21)16-9-11-22-12-10-16;/h2-13H,14H2,1H3;1H. The van der Waals surface area contributed by atoms with Gasteiger partial charge in [0, 0.05) is 23.5 Å². The van der Waals surface area contributed by atoms with Gasteiger partial charge in [0.25, 0.3) is 0 Å². The van der Waals surface area contributed by atoms with Crippen LogP contribution in [0.15, 0.2) is 77.5 Å². The third kappa shape index (κ3) is 4.29. The van der Waals surface area contributed by atoms with Crippen molar-refractivity contribution in [2.75, 3.05) is 7.11 Å². The van der Waals surface area contributed by atoms with Crippen LogP contribution in [0.4, 0.5) is 0 Å². The summed E-state index contributed by atoms with van der Waals surface area (Å²) in [6.07, 6.45) is 3.38. The largest absolute Gasteiger partial charge is 0.493 e. The molecule has 6 nitrogen and oxygen atoms in total. The number of para-hydroxylation sites is 2. The lowest BCUT2D eigenvalue weighted by Gasteiger charge is -2.10. The Bertz CT molecular complexity index is 1040. The highest BCUT2D eigenvalue weighted by Gasteiger charge is 2.11. The van der Waals surface area contributed by atoms with Gasteiger partial charge in [-0.25, -0.2) is 0 Å². The van der Waals surface area contributed by atoms with Crippen molar-refractivity contribution in [3.63, 3.8) is 0 Å². The summed E-state index contributed by atoms with van der Waals surface area (Å²) >= 11 is 0. The van der Waals surface area contributed by atoms with Gasteiger partial charge in [-0.2, -0.15) is 0 Å². The zero-order chi connectivity index (χ0) is 18.5. The third-order valence-electron chi connectivity index (χ3n) is 3.99. The molecule has 0 atom stereocenters. The number of aromatic nitrogens is 3. The second-order valence-corrected chi connectivity index (χ2v) is 5.79. The van der Waals surface area contributed by atoms with Crippen LogP contribution in [-0.2, 0) is 6.61 Å². The number of benzene rings is 2. The van der Waals surface area contributed by atoms with Crippen LogP contribution >= 0.6 is 12.4 Å². The van der Waals surface area contributed by atoms with E-state index < -0.39 is 0 Å². The molecule has 0 fully saturated rings. The summed E-state index contributed by atoms with van der Waals surface area (Å²) in [7, 11) is 1.62. The zero-order valence-electron chi connectivity index (χ0n) is 15.1. The Labute approximate surface area is 168 Å². The smallest absolute Gasteiger partial charge is 0.248 e. The molecule has 0 bridgehead atoms. The monoisotopic (exact) mass is 395 g/mol. The summed E-state index contributed by atoms with van der Waals surface area (Å²) in [5, 5.41) is 8.27. The van der Waals surface area contributed by atoms with E-state index in [0.717, 1.165) is 16.7 Å². The average Bonchev–Trinajstić information content (AvgIpc) is 3.24. The SMILES string of the molecule is COc1ccccc1OCc1cccc(-c2nnc(-c3ccncc3)o2)c1.Cl. The Morgan fingerprint density at radius 3 is 2.29 bits per heavy atom. The maximum atomic E-state index is 5.88. The summed E-state index contributed by atoms with van der Waals surface area (Å²) in [4.78, 5) is 3.99. The minimum atomic E-state index is 0. The topological polar surface area (TPSA) is 70.3 Å². The first kappa shape index (κ1) is 19.4. The minimum absolute atomic E-state index is 0. The molecule has 0 aliphatic rings. The van der Waals surface area contributed by atoms with Crippen LogP contribution in [0.25, 0.3) is 22.9 Å². The number of methoxy groups -OCH3 is 1. The van der Waals surface area contributed by atoms with Gasteiger partial charge >= 0.3 is 0 Å². The molecule has 7 heteroatoms. The Morgan fingerprint density at radius 2 is 1.54 bits per heavy atom. The van der Waals surface area contributed by atoms with Crippen molar-refractivity contribution >= 4 is 12.4 Å². The Balaban J connectivity index is 0.00000225. The van der Waals surface area contributed by atoms with Crippen molar-refractivity contribution in [3.05, 3.63) is 78.6 Å². The van der Waals surface area contributed by atoms with E-state index in [4.69, 9.17) is 13.9 Å². The Kier molecular flexibility index (Phi) is 6.24. The van der Waals surface area contributed by atoms with E-state index >= 15 is 0 Å². The number of rotatable bonds is 6. The van der Waals surface area contributed by atoms with Crippen molar-refractivity contribution in [1.82, 2.24) is 15.2 Å². The second kappa shape index (κ2) is 9.01. The molecule has 0 aliphatic carbocycles. The van der Waals surface area contributed by atoms with Gasteiger partial charge in [-0.05, 0) is 42.0 Å². The van der Waals surface area contributed by atoms with E-state index in [1.807, 2.05) is 60.7 Å². The van der Waals surface area contributed by atoms with Crippen LogP contribution in [-0.4, -0.2) is 22.3 Å². The predicted octanol–water partition coefficient (Wildman–Crippen LogP) is 4.81. The van der Waals surface area contributed by atoms with Crippen LogP contribution < -0.4 is 9.47 Å². The molecule has 0 saturated heterocycles. The summed E-state index contributed by atoms with van der Waals surface area (Å²) in [6.45, 7) is 0.402. The Hall–Kier alpha value is -3.38. The molecule has 4 rings (SSSR count). The molecule has 0 unspecified atom stereocenters. The van der Waals surface area contributed by atoms with Crippen LogP contribution in [0.3, 0.4) is 0 Å². The summed E-state index contributed by atoms with van der Waals surface area (Å²) < 4.78 is 17.0. The van der Waals surface area contributed by atoms with E-state index in [1.165, 1.54) is 0 Å². The zero-order valence-corrected chi connectivity index (χ0v) is 15.9. The van der Waals surface area contributed by atoms with E-state index in [0.29, 0.717) is 29.9 Å². The fourth-order valence-corrected chi connectivity index (χ4v) is 2.64. The molecule has 0 saturated carbocycles. The number of nitrogens with zero attached hydrogens (tertiary/aromatic N) is 3. The molecule has 0 aliphatic heterocycles. The van der Waals surface area contributed by atoms with Gasteiger partial charge in [0.1, 0.15) is 6.61 Å². The van der Waals surface area contributed by atoms with Crippen LogP contribution in [0.2, 0.25) is 0 Å². The molecule has 2 aromatic carbocycles. The molecule has 28 heavy (non-hydrogen) atoms. The lowest BCUT2D eigenvalue weighted by molar-refractivity contribution is 0.284. The molecule has 0 N–H and O–H groups in total.